The van der Waals surface area contributed by atoms with E-state index in [-0.39, 0.29) is 17.8 Å². The fourth-order valence-electron chi connectivity index (χ4n) is 5.36. The Morgan fingerprint density at radius 2 is 1.85 bits per heavy atom. The lowest BCUT2D eigenvalue weighted by Crippen LogP contribution is -2.62. The molecule has 0 bridgehead atoms. The van der Waals surface area contributed by atoms with E-state index in [0.717, 1.165) is 35.1 Å². The fraction of sp³-hybridized carbons (Fsp3) is 0.520. The van der Waals surface area contributed by atoms with Gasteiger partial charge in [0.05, 0.1) is 37.7 Å². The van der Waals surface area contributed by atoms with Crippen molar-refractivity contribution >= 4 is 28.8 Å². The molecule has 1 aliphatic heterocycles. The molecular weight excluding hydrogens is 591 g/mol. The number of thiazole rings is 1. The van der Waals surface area contributed by atoms with Crippen LogP contribution < -0.4 is 0 Å². The smallest absolute Gasteiger partial charge is 0.255 e. The Hall–Kier alpha value is -2.66. The van der Waals surface area contributed by atoms with E-state index in [1.807, 2.05) is 0 Å². The van der Waals surface area contributed by atoms with E-state index in [4.69, 9.17) is 16.3 Å². The summed E-state index contributed by atoms with van der Waals surface area (Å²) >= 11 is 7.18. The number of rotatable bonds is 7. The molecule has 7 atom stereocenters. The summed E-state index contributed by atoms with van der Waals surface area (Å²) in [5.74, 6) is -5.26. The van der Waals surface area contributed by atoms with E-state index < -0.39 is 72.6 Å². The first-order chi connectivity index (χ1) is 19.6. The van der Waals surface area contributed by atoms with Crippen molar-refractivity contribution in [1.82, 2.24) is 24.9 Å². The highest BCUT2D eigenvalue weighted by molar-refractivity contribution is 7.15. The van der Waals surface area contributed by atoms with Gasteiger partial charge in [0, 0.05) is 5.56 Å². The zero-order chi connectivity index (χ0) is 29.4. The van der Waals surface area contributed by atoms with Gasteiger partial charge in [-0.3, -0.25) is 4.79 Å². The first kappa shape index (κ1) is 29.8. The van der Waals surface area contributed by atoms with Gasteiger partial charge in [-0.25, -0.2) is 22.8 Å². The molecule has 1 aromatic carbocycles. The topological polar surface area (TPSA) is 154 Å². The number of amides is 1. The summed E-state index contributed by atoms with van der Waals surface area (Å²) in [4.78, 5) is 19.6. The van der Waals surface area contributed by atoms with Crippen molar-refractivity contribution in [3.63, 3.8) is 0 Å². The van der Waals surface area contributed by atoms with Gasteiger partial charge in [0.2, 0.25) is 0 Å². The van der Waals surface area contributed by atoms with Crippen LogP contribution in [0.15, 0.2) is 24.5 Å². The molecule has 16 heteroatoms. The molecule has 2 fully saturated rings. The molecule has 1 aliphatic carbocycles. The van der Waals surface area contributed by atoms with Gasteiger partial charge < -0.3 is 30.1 Å². The molecule has 1 saturated heterocycles. The van der Waals surface area contributed by atoms with Crippen LogP contribution in [0.4, 0.5) is 13.2 Å². The normalized spacial score (nSPS) is 28.5. The number of hydrogen-bond donors (Lipinski definition) is 4. The number of carbonyl (C=O) groups excluding carboxylic acids is 1. The lowest BCUT2D eigenvalue weighted by Gasteiger charge is -2.45. The van der Waals surface area contributed by atoms with Gasteiger partial charge >= 0.3 is 0 Å². The number of aliphatic hydroxyl groups is 4. The second-order valence-electron chi connectivity index (χ2n) is 10.0. The third-order valence-electron chi connectivity index (χ3n) is 7.44. The van der Waals surface area contributed by atoms with Crippen LogP contribution in [0.3, 0.4) is 0 Å². The number of halogens is 4. The average molecular weight is 618 g/mol. The Kier molecular flexibility index (Phi) is 8.94. The maximum Gasteiger partial charge on any atom is 0.255 e. The average Bonchev–Trinajstić information content (AvgIpc) is 3.60. The highest BCUT2D eigenvalue weighted by Gasteiger charge is 2.51. The monoisotopic (exact) mass is 617 g/mol. The molecule has 1 saturated carbocycles. The highest BCUT2D eigenvalue weighted by atomic mass is 35.5. The Labute approximate surface area is 240 Å². The number of benzene rings is 1. The molecule has 3 heterocycles. The van der Waals surface area contributed by atoms with Crippen LogP contribution in [0.25, 0.3) is 11.3 Å². The van der Waals surface area contributed by atoms with E-state index in [9.17, 15) is 38.4 Å². The molecule has 3 aromatic rings. The lowest BCUT2D eigenvalue weighted by molar-refractivity contribution is -0.214. The number of nitrogens with zero attached hydrogens (tertiary/aromatic N) is 5. The lowest BCUT2D eigenvalue weighted by atomic mass is 9.89. The third-order valence-corrected chi connectivity index (χ3v) is 8.54. The molecule has 2 aliphatic rings. The molecule has 4 N–H and O–H groups in total. The van der Waals surface area contributed by atoms with Crippen molar-refractivity contribution in [3.05, 3.63) is 51.3 Å². The van der Waals surface area contributed by atoms with Gasteiger partial charge in [0.1, 0.15) is 39.4 Å². The maximum absolute atomic E-state index is 14.0. The summed E-state index contributed by atoms with van der Waals surface area (Å²) in [5, 5.41) is 51.1. The molecule has 5 rings (SSSR count). The van der Waals surface area contributed by atoms with Crippen LogP contribution in [-0.4, -0.2) is 94.4 Å². The fourth-order valence-corrected chi connectivity index (χ4v) is 6.32. The zero-order valence-electron chi connectivity index (χ0n) is 21.4. The molecule has 11 nitrogen and oxygen atoms in total. The van der Waals surface area contributed by atoms with Crippen molar-refractivity contribution in [3.8, 4) is 11.3 Å². The predicted molar refractivity (Wildman–Crippen MR) is 138 cm³/mol. The molecule has 0 radical (unpaired) electrons. The van der Waals surface area contributed by atoms with Crippen LogP contribution in [0, 0.1) is 17.5 Å². The molecule has 2 aromatic heterocycles. The van der Waals surface area contributed by atoms with Crippen molar-refractivity contribution in [2.45, 2.75) is 74.8 Å². The van der Waals surface area contributed by atoms with Crippen LogP contribution in [-0.2, 0) is 16.1 Å². The molecular formula is C25H27ClF3N5O6S. The van der Waals surface area contributed by atoms with E-state index in [1.54, 1.807) is 0 Å². The Bertz CT molecular complexity index is 1370. The highest BCUT2D eigenvalue weighted by Crippen LogP contribution is 2.34. The first-order valence-corrected chi connectivity index (χ1v) is 14.1. The summed E-state index contributed by atoms with van der Waals surface area (Å²) < 4.78 is 48.1. The van der Waals surface area contributed by atoms with E-state index in [0.29, 0.717) is 34.3 Å². The number of hydrogen-bond acceptors (Lipinski definition) is 10. The molecule has 0 spiro atoms. The Morgan fingerprint density at radius 3 is 2.49 bits per heavy atom. The van der Waals surface area contributed by atoms with Gasteiger partial charge in [-0.1, -0.05) is 29.7 Å². The largest absolute Gasteiger partial charge is 0.394 e. The summed E-state index contributed by atoms with van der Waals surface area (Å²) in [6.45, 7) is -0.755. The van der Waals surface area contributed by atoms with Crippen LogP contribution in [0.2, 0.25) is 4.34 Å². The SMILES string of the molecule is O=C([C@@H]1O[C@H](CO)[C@H](O)[C@H](n2cc(-c3cc(F)c(F)c(F)c3)nn2)[C@H]1O)N(Cc1ncc(Cl)s1)[C@H]1CCCC[C@@H]1O. The minimum Gasteiger partial charge on any atom is -0.394 e. The van der Waals surface area contributed by atoms with Gasteiger partial charge in [-0.2, -0.15) is 0 Å². The summed E-state index contributed by atoms with van der Waals surface area (Å²) in [5.41, 5.74) is -0.265. The number of aliphatic hydroxyl groups excluding tert-OH is 4. The van der Waals surface area contributed by atoms with Crippen molar-refractivity contribution in [1.29, 1.82) is 0 Å². The zero-order valence-corrected chi connectivity index (χ0v) is 22.9. The van der Waals surface area contributed by atoms with E-state index >= 15 is 0 Å². The summed E-state index contributed by atoms with van der Waals surface area (Å²) in [6.07, 6.45) is -2.02. The standard InChI is InChI=1S/C25H27ClF3N5O6S/c26-18-7-30-19(41-18)9-33(15-3-1-2-4-16(15)36)25(39)24-23(38)21(22(37)17(10-35)40-24)34-8-14(31-32-34)11-5-12(27)20(29)13(28)6-11/h5-8,15-17,21-24,35-38H,1-4,9-10H2/t15-,16-,17+,21-,22-,23+,24+/m0/s1. The van der Waals surface area contributed by atoms with Gasteiger partial charge in [-0.05, 0) is 25.0 Å². The van der Waals surface area contributed by atoms with Crippen molar-refractivity contribution in [2.24, 2.45) is 0 Å². The third kappa shape index (κ3) is 5.98. The quantitative estimate of drug-likeness (QED) is 0.291. The number of carbonyl (C=O) groups is 1. The minimum absolute atomic E-state index is 0.0310. The second-order valence-corrected chi connectivity index (χ2v) is 11.8. The Balaban J connectivity index is 1.46. The predicted octanol–water partition coefficient (Wildman–Crippen LogP) is 1.83. The van der Waals surface area contributed by atoms with Crippen LogP contribution in [0.1, 0.15) is 36.7 Å². The van der Waals surface area contributed by atoms with Crippen molar-refractivity contribution < 1.29 is 43.1 Å². The van der Waals surface area contributed by atoms with Crippen LogP contribution >= 0.6 is 22.9 Å². The van der Waals surface area contributed by atoms with Gasteiger partial charge in [-0.15, -0.1) is 16.4 Å². The maximum atomic E-state index is 14.0. The van der Waals surface area contributed by atoms with Crippen molar-refractivity contribution in [2.75, 3.05) is 6.61 Å². The number of ether oxygens (including phenoxy) is 1. The number of aromatic nitrogens is 4. The van der Waals surface area contributed by atoms with Gasteiger partial charge in [0.25, 0.3) is 5.91 Å². The summed E-state index contributed by atoms with van der Waals surface area (Å²) in [6, 6.07) is -0.581. The molecule has 222 valence electrons. The molecule has 1 amide bonds. The second kappa shape index (κ2) is 12.3. The Morgan fingerprint density at radius 1 is 1.15 bits per heavy atom. The summed E-state index contributed by atoms with van der Waals surface area (Å²) in [7, 11) is 0. The molecule has 0 unspecified atom stereocenters. The minimum atomic E-state index is -1.74. The van der Waals surface area contributed by atoms with Crippen LogP contribution in [0.5, 0.6) is 0 Å². The molecule has 41 heavy (non-hydrogen) atoms. The van der Waals surface area contributed by atoms with Gasteiger partial charge in [0.15, 0.2) is 23.6 Å². The van der Waals surface area contributed by atoms with E-state index in [2.05, 4.69) is 15.3 Å². The first-order valence-electron chi connectivity index (χ1n) is 12.9. The van der Waals surface area contributed by atoms with E-state index in [1.165, 1.54) is 11.1 Å².